The van der Waals surface area contributed by atoms with Crippen LogP contribution in [0.25, 0.3) is 0 Å². The van der Waals surface area contributed by atoms with Gasteiger partial charge in [-0.25, -0.2) is 0 Å². The molecule has 1 aromatic carbocycles. The summed E-state index contributed by atoms with van der Waals surface area (Å²) in [7, 11) is 0. The van der Waals surface area contributed by atoms with Crippen molar-refractivity contribution in [3.63, 3.8) is 0 Å². The smallest absolute Gasteiger partial charge is 0.0199 e. The van der Waals surface area contributed by atoms with Gasteiger partial charge in [-0.15, -0.1) is 0 Å². The molecule has 1 aromatic rings. The third-order valence-electron chi connectivity index (χ3n) is 4.58. The van der Waals surface area contributed by atoms with E-state index in [2.05, 4.69) is 48.6 Å². The summed E-state index contributed by atoms with van der Waals surface area (Å²) in [6, 6.07) is 11.2. The van der Waals surface area contributed by atoms with Crippen molar-refractivity contribution in [1.29, 1.82) is 0 Å². The van der Waals surface area contributed by atoms with E-state index in [1.165, 1.54) is 50.5 Å². The van der Waals surface area contributed by atoms with Gasteiger partial charge in [-0.1, -0.05) is 95.5 Å². The Morgan fingerprint density at radius 1 is 0.773 bits per heavy atom. The lowest BCUT2D eigenvalue weighted by atomic mass is 9.64. The molecule has 0 saturated heterocycles. The van der Waals surface area contributed by atoms with Crippen LogP contribution in [-0.4, -0.2) is 0 Å². The molecular formula is C22H34. The van der Waals surface area contributed by atoms with Gasteiger partial charge < -0.3 is 0 Å². The summed E-state index contributed by atoms with van der Waals surface area (Å²) in [6.45, 7) is 8.00. The first-order chi connectivity index (χ1) is 10.9. The molecule has 0 spiro atoms. The first kappa shape index (κ1) is 18.7. The fraction of sp³-hybridized carbons (Fsp3) is 0.545. The third kappa shape index (κ3) is 4.35. The van der Waals surface area contributed by atoms with Gasteiger partial charge in [0.05, 0.1) is 0 Å². The Labute approximate surface area is 138 Å². The highest BCUT2D eigenvalue weighted by Crippen LogP contribution is 2.46. The van der Waals surface area contributed by atoms with E-state index in [1.54, 1.807) is 5.57 Å². The third-order valence-corrected chi connectivity index (χ3v) is 4.58. The van der Waals surface area contributed by atoms with E-state index in [-0.39, 0.29) is 0 Å². The average Bonchev–Trinajstić information content (AvgIpc) is 2.67. The van der Waals surface area contributed by atoms with Crippen molar-refractivity contribution < 1.29 is 0 Å². The molecule has 0 atom stereocenters. The zero-order valence-corrected chi connectivity index (χ0v) is 15.1. The molecule has 0 N–H and O–H groups in total. The zero-order valence-electron chi connectivity index (χ0n) is 15.1. The van der Waals surface area contributed by atoms with Crippen molar-refractivity contribution in [3.8, 4) is 0 Å². The van der Waals surface area contributed by atoms with Crippen molar-refractivity contribution >= 4 is 0 Å². The highest BCUT2D eigenvalue weighted by Gasteiger charge is 2.36. The Balaban J connectivity index is 0.000000561. The Hall–Kier alpha value is -1.30. The minimum atomic E-state index is 0.316. The quantitative estimate of drug-likeness (QED) is 0.540. The van der Waals surface area contributed by atoms with Crippen LogP contribution in [0.4, 0.5) is 0 Å². The maximum atomic E-state index is 2.48. The lowest BCUT2D eigenvalue weighted by Gasteiger charge is -2.40. The van der Waals surface area contributed by atoms with Gasteiger partial charge in [0, 0.05) is 5.41 Å². The fourth-order valence-corrected chi connectivity index (χ4v) is 3.62. The molecule has 0 bridgehead atoms. The molecule has 1 saturated carbocycles. The highest BCUT2D eigenvalue weighted by atomic mass is 14.4. The van der Waals surface area contributed by atoms with E-state index in [4.69, 9.17) is 0 Å². The Bertz CT molecular complexity index is 444. The molecule has 3 rings (SSSR count). The van der Waals surface area contributed by atoms with Crippen LogP contribution in [-0.2, 0) is 5.41 Å². The van der Waals surface area contributed by atoms with Crippen molar-refractivity contribution in [2.75, 3.05) is 0 Å². The van der Waals surface area contributed by atoms with Gasteiger partial charge in [-0.05, 0) is 36.8 Å². The summed E-state index contributed by atoms with van der Waals surface area (Å²) in [5, 5.41) is 0. The van der Waals surface area contributed by atoms with Gasteiger partial charge in [-0.2, -0.15) is 0 Å². The Morgan fingerprint density at radius 3 is 1.95 bits per heavy atom. The molecule has 0 unspecified atom stereocenters. The summed E-state index contributed by atoms with van der Waals surface area (Å²) in [6.07, 6.45) is 16.5. The van der Waals surface area contributed by atoms with E-state index < -0.39 is 0 Å². The van der Waals surface area contributed by atoms with E-state index >= 15 is 0 Å². The summed E-state index contributed by atoms with van der Waals surface area (Å²) < 4.78 is 0. The van der Waals surface area contributed by atoms with Crippen LogP contribution in [0.15, 0.2) is 54.1 Å². The molecule has 0 heteroatoms. The Kier molecular flexibility index (Phi) is 8.89. The Morgan fingerprint density at radius 2 is 1.41 bits per heavy atom. The van der Waals surface area contributed by atoms with E-state index in [1.807, 2.05) is 27.7 Å². The number of hydrogen-bond acceptors (Lipinski definition) is 0. The standard InChI is InChI=1S/C18H22.2C2H6/c1-4-10-16(11-5-1)18(14-8-3-9-15-18)17-12-6-2-7-13-17;2*1-2/h1,4-6,10-13H,2-3,7-9,14-15H2;2*1-2H3. The molecule has 0 radical (unpaired) electrons. The van der Waals surface area contributed by atoms with Crippen LogP contribution in [0.5, 0.6) is 0 Å². The largest absolute Gasteiger partial charge is 0.0839 e. The second-order valence-corrected chi connectivity index (χ2v) is 5.65. The van der Waals surface area contributed by atoms with E-state index in [0.29, 0.717) is 5.41 Å². The molecule has 0 aliphatic heterocycles. The number of benzene rings is 1. The summed E-state index contributed by atoms with van der Waals surface area (Å²) in [4.78, 5) is 0. The van der Waals surface area contributed by atoms with Crippen molar-refractivity contribution in [3.05, 3.63) is 59.7 Å². The molecule has 0 heterocycles. The molecule has 1 fully saturated rings. The van der Waals surface area contributed by atoms with Gasteiger partial charge in [0.2, 0.25) is 0 Å². The predicted molar refractivity (Wildman–Crippen MR) is 100 cm³/mol. The van der Waals surface area contributed by atoms with Crippen molar-refractivity contribution in [2.24, 2.45) is 0 Å². The second-order valence-electron chi connectivity index (χ2n) is 5.65. The number of hydrogen-bond donors (Lipinski definition) is 0. The number of rotatable bonds is 2. The van der Waals surface area contributed by atoms with E-state index in [9.17, 15) is 0 Å². The van der Waals surface area contributed by atoms with Crippen LogP contribution in [0.2, 0.25) is 0 Å². The zero-order chi connectivity index (χ0) is 16.3. The van der Waals surface area contributed by atoms with E-state index in [0.717, 1.165) is 0 Å². The van der Waals surface area contributed by atoms with Gasteiger partial charge in [0.1, 0.15) is 0 Å². The van der Waals surface area contributed by atoms with Crippen LogP contribution < -0.4 is 0 Å². The first-order valence-corrected chi connectivity index (χ1v) is 9.34. The molecule has 2 aliphatic carbocycles. The predicted octanol–water partition coefficient (Wildman–Crippen LogP) is 7.22. The summed E-state index contributed by atoms with van der Waals surface area (Å²) in [5.41, 5.74) is 3.43. The number of allylic oxidation sites excluding steroid dienone is 4. The van der Waals surface area contributed by atoms with Crippen LogP contribution in [0.1, 0.15) is 78.2 Å². The SMILES string of the molecule is C1=CC(C2(c3ccccc3)CCCCC2)=CCC1.CC.CC. The first-order valence-electron chi connectivity index (χ1n) is 9.34. The minimum Gasteiger partial charge on any atom is -0.0839 e. The maximum Gasteiger partial charge on any atom is 0.0199 e. The second kappa shape index (κ2) is 10.4. The van der Waals surface area contributed by atoms with Gasteiger partial charge >= 0.3 is 0 Å². The minimum absolute atomic E-state index is 0.316. The molecular weight excluding hydrogens is 264 g/mol. The van der Waals surface area contributed by atoms with Crippen LogP contribution in [0.3, 0.4) is 0 Å². The van der Waals surface area contributed by atoms with Gasteiger partial charge in [0.15, 0.2) is 0 Å². The molecule has 122 valence electrons. The van der Waals surface area contributed by atoms with Gasteiger partial charge in [0.25, 0.3) is 0 Å². The lowest BCUT2D eigenvalue weighted by molar-refractivity contribution is 0.343. The highest BCUT2D eigenvalue weighted by molar-refractivity contribution is 5.43. The topological polar surface area (TPSA) is 0 Å². The summed E-state index contributed by atoms with van der Waals surface area (Å²) in [5.74, 6) is 0. The van der Waals surface area contributed by atoms with Crippen LogP contribution in [0, 0.1) is 0 Å². The summed E-state index contributed by atoms with van der Waals surface area (Å²) >= 11 is 0. The van der Waals surface area contributed by atoms with Crippen molar-refractivity contribution in [1.82, 2.24) is 0 Å². The molecule has 0 aromatic heterocycles. The molecule has 2 aliphatic rings. The fourth-order valence-electron chi connectivity index (χ4n) is 3.62. The molecule has 0 amide bonds. The molecule has 22 heavy (non-hydrogen) atoms. The van der Waals surface area contributed by atoms with Crippen molar-refractivity contribution in [2.45, 2.75) is 78.1 Å². The maximum absolute atomic E-state index is 2.48. The normalized spacial score (nSPS) is 19.0. The van der Waals surface area contributed by atoms with Gasteiger partial charge in [-0.3, -0.25) is 0 Å². The van der Waals surface area contributed by atoms with Crippen LogP contribution >= 0.6 is 0 Å². The molecule has 0 nitrogen and oxygen atoms in total. The average molecular weight is 299 g/mol. The monoisotopic (exact) mass is 298 g/mol. The lowest BCUT2D eigenvalue weighted by Crippen LogP contribution is -2.31.